The molecule has 2 rings (SSSR count). The summed E-state index contributed by atoms with van der Waals surface area (Å²) in [5, 5.41) is 4.93. The smallest absolute Gasteiger partial charge is 0.244 e. The first-order valence-electron chi connectivity index (χ1n) is 6.07. The van der Waals surface area contributed by atoms with Gasteiger partial charge in [-0.05, 0) is 17.7 Å². The highest BCUT2D eigenvalue weighted by Crippen LogP contribution is 2.29. The summed E-state index contributed by atoms with van der Waals surface area (Å²) >= 11 is 17.9. The van der Waals surface area contributed by atoms with Gasteiger partial charge in [-0.1, -0.05) is 65.1 Å². The lowest BCUT2D eigenvalue weighted by Crippen LogP contribution is -2.19. The number of amides is 1. The molecule has 3 nitrogen and oxygen atoms in total. The average molecular weight is 342 g/mol. The summed E-state index contributed by atoms with van der Waals surface area (Å²) in [6.07, 6.45) is 1.62. The molecule has 0 aliphatic rings. The zero-order valence-electron chi connectivity index (χ0n) is 10.8. The van der Waals surface area contributed by atoms with Crippen LogP contribution in [0.5, 0.6) is 0 Å². The minimum Gasteiger partial charge on any atom is -0.273 e. The minimum atomic E-state index is -0.230. The predicted molar refractivity (Wildman–Crippen MR) is 87.4 cm³/mol. The molecule has 1 amide bonds. The van der Waals surface area contributed by atoms with Gasteiger partial charge in [-0.2, -0.15) is 5.10 Å². The Labute approximate surface area is 137 Å². The van der Waals surface area contributed by atoms with Crippen molar-refractivity contribution in [3.8, 4) is 0 Å². The quantitative estimate of drug-likeness (QED) is 0.502. The van der Waals surface area contributed by atoms with E-state index in [1.165, 1.54) is 6.21 Å². The van der Waals surface area contributed by atoms with Crippen LogP contribution in [0.15, 0.2) is 47.6 Å². The number of nitrogens with zero attached hydrogens (tertiary/aromatic N) is 1. The molecule has 21 heavy (non-hydrogen) atoms. The van der Waals surface area contributed by atoms with E-state index in [2.05, 4.69) is 10.5 Å². The summed E-state index contributed by atoms with van der Waals surface area (Å²) in [7, 11) is 0. The first-order chi connectivity index (χ1) is 10.1. The maximum absolute atomic E-state index is 11.7. The highest BCUT2D eigenvalue weighted by Gasteiger charge is 2.07. The Kier molecular flexibility index (Phi) is 5.62. The van der Waals surface area contributed by atoms with Crippen molar-refractivity contribution in [2.75, 3.05) is 0 Å². The Morgan fingerprint density at radius 3 is 2.43 bits per heavy atom. The fourth-order valence-electron chi connectivity index (χ4n) is 1.65. The molecule has 0 fully saturated rings. The van der Waals surface area contributed by atoms with E-state index in [0.717, 1.165) is 5.56 Å². The van der Waals surface area contributed by atoms with Crippen LogP contribution in [0.2, 0.25) is 15.1 Å². The normalized spacial score (nSPS) is 10.8. The van der Waals surface area contributed by atoms with Gasteiger partial charge in [0.1, 0.15) is 0 Å². The number of hydrogen-bond donors (Lipinski definition) is 1. The van der Waals surface area contributed by atoms with E-state index in [1.807, 2.05) is 30.3 Å². The molecule has 0 aliphatic heterocycles. The SMILES string of the molecule is O=C(Cc1ccccc1)N/N=C\c1c(Cl)ccc(Cl)c1Cl. The van der Waals surface area contributed by atoms with Gasteiger partial charge >= 0.3 is 0 Å². The molecule has 0 heterocycles. The molecule has 0 saturated heterocycles. The molecule has 0 aromatic heterocycles. The van der Waals surface area contributed by atoms with Gasteiger partial charge in [0, 0.05) is 5.56 Å². The van der Waals surface area contributed by atoms with Crippen molar-refractivity contribution < 1.29 is 4.79 Å². The van der Waals surface area contributed by atoms with E-state index >= 15 is 0 Å². The topological polar surface area (TPSA) is 41.5 Å². The van der Waals surface area contributed by atoms with Crippen LogP contribution in [0, 0.1) is 0 Å². The number of nitrogens with one attached hydrogen (secondary N) is 1. The van der Waals surface area contributed by atoms with E-state index < -0.39 is 0 Å². The van der Waals surface area contributed by atoms with Gasteiger partial charge in [0.15, 0.2) is 0 Å². The van der Waals surface area contributed by atoms with Crippen molar-refractivity contribution >= 4 is 46.9 Å². The van der Waals surface area contributed by atoms with E-state index in [9.17, 15) is 4.79 Å². The molecule has 0 bridgehead atoms. The number of halogens is 3. The summed E-state index contributed by atoms with van der Waals surface area (Å²) in [5.74, 6) is -0.230. The second-order valence-corrected chi connectivity index (χ2v) is 5.40. The van der Waals surface area contributed by atoms with Crippen molar-refractivity contribution in [1.29, 1.82) is 0 Å². The summed E-state index contributed by atoms with van der Waals surface area (Å²) in [6, 6.07) is 12.6. The molecule has 0 atom stereocenters. The fourth-order valence-corrected chi connectivity index (χ4v) is 2.28. The summed E-state index contributed by atoms with van der Waals surface area (Å²) in [4.78, 5) is 11.7. The summed E-state index contributed by atoms with van der Waals surface area (Å²) in [5.41, 5.74) is 3.79. The first-order valence-corrected chi connectivity index (χ1v) is 7.20. The second kappa shape index (κ2) is 7.46. The third-order valence-corrected chi connectivity index (χ3v) is 3.82. The lowest BCUT2D eigenvalue weighted by Gasteiger charge is -2.03. The molecule has 2 aromatic carbocycles. The Morgan fingerprint density at radius 1 is 1.05 bits per heavy atom. The number of benzene rings is 2. The zero-order chi connectivity index (χ0) is 15.2. The number of rotatable bonds is 4. The van der Waals surface area contributed by atoms with Gasteiger partial charge in [0.2, 0.25) is 5.91 Å². The van der Waals surface area contributed by atoms with Gasteiger partial charge in [-0.25, -0.2) is 5.43 Å². The van der Waals surface area contributed by atoms with Crippen LogP contribution in [0.1, 0.15) is 11.1 Å². The molecule has 0 radical (unpaired) electrons. The Hall–Kier alpha value is -1.55. The largest absolute Gasteiger partial charge is 0.273 e. The maximum atomic E-state index is 11.7. The van der Waals surface area contributed by atoms with Crippen molar-refractivity contribution in [1.82, 2.24) is 5.43 Å². The van der Waals surface area contributed by atoms with Crippen LogP contribution >= 0.6 is 34.8 Å². The highest BCUT2D eigenvalue weighted by atomic mass is 35.5. The average Bonchev–Trinajstić information content (AvgIpc) is 2.48. The molecular formula is C15H11Cl3N2O. The van der Waals surface area contributed by atoms with Gasteiger partial charge in [0.05, 0.1) is 27.7 Å². The molecule has 6 heteroatoms. The molecule has 2 aromatic rings. The Balaban J connectivity index is 2.00. The molecular weight excluding hydrogens is 331 g/mol. The molecule has 108 valence electrons. The van der Waals surface area contributed by atoms with Crippen LogP contribution in [-0.4, -0.2) is 12.1 Å². The summed E-state index contributed by atoms with van der Waals surface area (Å²) < 4.78 is 0. The monoisotopic (exact) mass is 340 g/mol. The predicted octanol–water partition coefficient (Wildman–Crippen LogP) is 4.34. The standard InChI is InChI=1S/C15H11Cl3N2O/c16-12-6-7-13(17)15(18)11(12)9-19-20-14(21)8-10-4-2-1-3-5-10/h1-7,9H,8H2,(H,20,21)/b19-9-. The van der Waals surface area contributed by atoms with E-state index in [4.69, 9.17) is 34.8 Å². The summed E-state index contributed by atoms with van der Waals surface area (Å²) in [6.45, 7) is 0. The number of carbonyl (C=O) groups is 1. The van der Waals surface area contributed by atoms with Crippen LogP contribution in [0.4, 0.5) is 0 Å². The Morgan fingerprint density at radius 2 is 1.71 bits per heavy atom. The molecule has 1 N–H and O–H groups in total. The van der Waals surface area contributed by atoms with E-state index in [0.29, 0.717) is 20.6 Å². The lowest BCUT2D eigenvalue weighted by molar-refractivity contribution is -0.120. The number of carbonyl (C=O) groups excluding carboxylic acids is 1. The first kappa shape index (κ1) is 15.8. The molecule has 0 aliphatic carbocycles. The van der Waals surface area contributed by atoms with Gasteiger partial charge in [0.25, 0.3) is 0 Å². The number of hydrazone groups is 1. The highest BCUT2D eigenvalue weighted by molar-refractivity contribution is 6.45. The van der Waals surface area contributed by atoms with E-state index in [-0.39, 0.29) is 12.3 Å². The lowest BCUT2D eigenvalue weighted by atomic mass is 10.1. The molecule has 0 spiro atoms. The van der Waals surface area contributed by atoms with Gasteiger partial charge in [-0.3, -0.25) is 4.79 Å². The molecule has 0 unspecified atom stereocenters. The van der Waals surface area contributed by atoms with Gasteiger partial charge < -0.3 is 0 Å². The molecule has 0 saturated carbocycles. The van der Waals surface area contributed by atoms with Crippen molar-refractivity contribution in [3.05, 3.63) is 68.7 Å². The van der Waals surface area contributed by atoms with Crippen LogP contribution in [0.3, 0.4) is 0 Å². The van der Waals surface area contributed by atoms with Crippen molar-refractivity contribution in [2.45, 2.75) is 6.42 Å². The van der Waals surface area contributed by atoms with Crippen LogP contribution in [-0.2, 0) is 11.2 Å². The van der Waals surface area contributed by atoms with Crippen LogP contribution in [0.25, 0.3) is 0 Å². The number of hydrogen-bond acceptors (Lipinski definition) is 2. The van der Waals surface area contributed by atoms with E-state index in [1.54, 1.807) is 12.1 Å². The van der Waals surface area contributed by atoms with Crippen molar-refractivity contribution in [3.63, 3.8) is 0 Å². The van der Waals surface area contributed by atoms with Crippen molar-refractivity contribution in [2.24, 2.45) is 5.10 Å². The minimum absolute atomic E-state index is 0.230. The second-order valence-electron chi connectivity index (χ2n) is 4.21. The third kappa shape index (κ3) is 4.46. The fraction of sp³-hybridized carbons (Fsp3) is 0.0667. The maximum Gasteiger partial charge on any atom is 0.244 e. The third-order valence-electron chi connectivity index (χ3n) is 2.67. The zero-order valence-corrected chi connectivity index (χ0v) is 13.1. The Bertz CT molecular complexity index is 672. The van der Waals surface area contributed by atoms with Gasteiger partial charge in [-0.15, -0.1) is 0 Å². The van der Waals surface area contributed by atoms with Crippen LogP contribution < -0.4 is 5.43 Å².